The molecule has 1 rings (SSSR count). The topological polar surface area (TPSA) is 32.3 Å². The van der Waals surface area contributed by atoms with Gasteiger partial charge in [0, 0.05) is 31.6 Å². The number of amides is 1. The van der Waals surface area contributed by atoms with Gasteiger partial charge in [-0.1, -0.05) is 19.8 Å². The Morgan fingerprint density at radius 3 is 2.59 bits per heavy atom. The zero-order valence-electron chi connectivity index (χ0n) is 11.7. The molecular formula is C14H28N2O. The van der Waals surface area contributed by atoms with E-state index in [1.54, 1.807) is 0 Å². The van der Waals surface area contributed by atoms with E-state index < -0.39 is 0 Å². The molecule has 1 fully saturated rings. The predicted octanol–water partition coefficient (Wildman–Crippen LogP) is 2.56. The third kappa shape index (κ3) is 6.06. The van der Waals surface area contributed by atoms with Gasteiger partial charge in [-0.25, -0.2) is 0 Å². The van der Waals surface area contributed by atoms with Gasteiger partial charge in [-0.05, 0) is 33.1 Å². The Hall–Kier alpha value is -0.570. The van der Waals surface area contributed by atoms with Gasteiger partial charge in [0.1, 0.15) is 0 Å². The molecule has 0 spiro atoms. The lowest BCUT2D eigenvalue weighted by Gasteiger charge is -2.27. The average Bonchev–Trinajstić information content (AvgIpc) is 3.07. The lowest BCUT2D eigenvalue weighted by Crippen LogP contribution is -2.39. The van der Waals surface area contributed by atoms with Crippen molar-refractivity contribution in [2.24, 2.45) is 0 Å². The van der Waals surface area contributed by atoms with Crippen molar-refractivity contribution in [2.75, 3.05) is 13.1 Å². The van der Waals surface area contributed by atoms with Crippen LogP contribution in [0.5, 0.6) is 0 Å². The zero-order chi connectivity index (χ0) is 12.7. The van der Waals surface area contributed by atoms with E-state index in [0.29, 0.717) is 24.4 Å². The third-order valence-corrected chi connectivity index (χ3v) is 3.30. The molecule has 3 heteroatoms. The fourth-order valence-electron chi connectivity index (χ4n) is 2.02. The van der Waals surface area contributed by atoms with Crippen LogP contribution in [0.2, 0.25) is 0 Å². The maximum Gasteiger partial charge on any atom is 0.224 e. The summed E-state index contributed by atoms with van der Waals surface area (Å²) in [4.78, 5) is 14.1. The van der Waals surface area contributed by atoms with Crippen LogP contribution < -0.4 is 5.32 Å². The molecule has 0 radical (unpaired) electrons. The summed E-state index contributed by atoms with van der Waals surface area (Å²) >= 11 is 0. The van der Waals surface area contributed by atoms with E-state index in [0.717, 1.165) is 19.5 Å². The summed E-state index contributed by atoms with van der Waals surface area (Å²) in [7, 11) is 0. The van der Waals surface area contributed by atoms with Gasteiger partial charge in [0.15, 0.2) is 0 Å². The Morgan fingerprint density at radius 1 is 1.35 bits per heavy atom. The highest BCUT2D eigenvalue weighted by Gasteiger charge is 2.21. The van der Waals surface area contributed by atoms with Crippen molar-refractivity contribution in [2.45, 2.75) is 71.4 Å². The van der Waals surface area contributed by atoms with Crippen LogP contribution in [0.25, 0.3) is 0 Å². The van der Waals surface area contributed by atoms with E-state index in [9.17, 15) is 4.79 Å². The van der Waals surface area contributed by atoms with Crippen LogP contribution >= 0.6 is 0 Å². The molecule has 0 aromatic heterocycles. The Morgan fingerprint density at radius 2 is 2.06 bits per heavy atom. The number of carbonyl (C=O) groups is 1. The molecule has 0 saturated heterocycles. The molecule has 0 aromatic carbocycles. The quantitative estimate of drug-likeness (QED) is 0.628. The first-order valence-electron chi connectivity index (χ1n) is 7.18. The molecule has 1 amide bonds. The summed E-state index contributed by atoms with van der Waals surface area (Å²) in [5.41, 5.74) is 0. The van der Waals surface area contributed by atoms with E-state index in [4.69, 9.17) is 0 Å². The predicted molar refractivity (Wildman–Crippen MR) is 72.0 cm³/mol. The van der Waals surface area contributed by atoms with Crippen LogP contribution in [-0.4, -0.2) is 36.0 Å². The van der Waals surface area contributed by atoms with Gasteiger partial charge in [-0.3, -0.25) is 4.79 Å². The van der Waals surface area contributed by atoms with Gasteiger partial charge < -0.3 is 10.2 Å². The average molecular weight is 240 g/mol. The largest absolute Gasteiger partial charge is 0.340 e. The fourth-order valence-corrected chi connectivity index (χ4v) is 2.02. The van der Waals surface area contributed by atoms with Crippen molar-refractivity contribution < 1.29 is 4.79 Å². The number of hydrogen-bond acceptors (Lipinski definition) is 2. The first-order valence-corrected chi connectivity index (χ1v) is 7.18. The summed E-state index contributed by atoms with van der Waals surface area (Å²) < 4.78 is 0. The number of rotatable bonds is 9. The first kappa shape index (κ1) is 14.5. The van der Waals surface area contributed by atoms with Crippen LogP contribution in [0, 0.1) is 0 Å². The Labute approximate surface area is 106 Å². The third-order valence-electron chi connectivity index (χ3n) is 3.30. The number of unbranched alkanes of at least 4 members (excludes halogenated alkanes) is 2. The second-order valence-corrected chi connectivity index (χ2v) is 5.37. The van der Waals surface area contributed by atoms with Crippen LogP contribution in [0.15, 0.2) is 0 Å². The zero-order valence-corrected chi connectivity index (χ0v) is 11.7. The van der Waals surface area contributed by atoms with E-state index in [2.05, 4.69) is 26.1 Å². The maximum atomic E-state index is 12.1. The minimum Gasteiger partial charge on any atom is -0.340 e. The minimum atomic E-state index is 0.309. The smallest absolute Gasteiger partial charge is 0.224 e. The van der Waals surface area contributed by atoms with Crippen LogP contribution in [0.4, 0.5) is 0 Å². The Kier molecular flexibility index (Phi) is 6.56. The molecule has 1 saturated carbocycles. The Balaban J connectivity index is 2.20. The number of carbonyl (C=O) groups excluding carboxylic acids is 1. The van der Waals surface area contributed by atoms with E-state index >= 15 is 0 Å². The molecular weight excluding hydrogens is 212 g/mol. The molecule has 1 aliphatic carbocycles. The molecule has 3 nitrogen and oxygen atoms in total. The van der Waals surface area contributed by atoms with Crippen molar-refractivity contribution in [1.29, 1.82) is 0 Å². The SMILES string of the molecule is CCCCCN(C(=O)CCNC1CC1)C(C)C. The minimum absolute atomic E-state index is 0.309. The highest BCUT2D eigenvalue weighted by molar-refractivity contribution is 5.76. The summed E-state index contributed by atoms with van der Waals surface area (Å²) in [6.45, 7) is 8.19. The molecule has 0 unspecified atom stereocenters. The molecule has 0 bridgehead atoms. The number of hydrogen-bond donors (Lipinski definition) is 1. The second kappa shape index (κ2) is 7.70. The Bertz CT molecular complexity index is 224. The molecule has 100 valence electrons. The summed E-state index contributed by atoms with van der Waals surface area (Å²) in [6, 6.07) is 1.04. The summed E-state index contributed by atoms with van der Waals surface area (Å²) in [5.74, 6) is 0.309. The molecule has 0 heterocycles. The fraction of sp³-hybridized carbons (Fsp3) is 0.929. The summed E-state index contributed by atoms with van der Waals surface area (Å²) in [6.07, 6.45) is 6.80. The van der Waals surface area contributed by atoms with Crippen molar-refractivity contribution >= 4 is 5.91 Å². The van der Waals surface area contributed by atoms with Crippen molar-refractivity contribution in [3.63, 3.8) is 0 Å². The van der Waals surface area contributed by atoms with Crippen molar-refractivity contribution in [1.82, 2.24) is 10.2 Å². The number of nitrogens with one attached hydrogen (secondary N) is 1. The number of nitrogens with zero attached hydrogens (tertiary/aromatic N) is 1. The summed E-state index contributed by atoms with van der Waals surface area (Å²) in [5, 5.41) is 3.40. The van der Waals surface area contributed by atoms with Gasteiger partial charge in [-0.2, -0.15) is 0 Å². The molecule has 1 aliphatic rings. The lowest BCUT2D eigenvalue weighted by atomic mass is 10.2. The maximum absolute atomic E-state index is 12.1. The molecule has 0 aromatic rings. The second-order valence-electron chi connectivity index (χ2n) is 5.37. The first-order chi connectivity index (χ1) is 8.15. The van der Waals surface area contributed by atoms with Crippen LogP contribution in [0.3, 0.4) is 0 Å². The van der Waals surface area contributed by atoms with E-state index in [-0.39, 0.29) is 0 Å². The highest BCUT2D eigenvalue weighted by atomic mass is 16.2. The van der Waals surface area contributed by atoms with Crippen LogP contribution in [0.1, 0.15) is 59.3 Å². The van der Waals surface area contributed by atoms with Gasteiger partial charge in [-0.15, -0.1) is 0 Å². The van der Waals surface area contributed by atoms with E-state index in [1.165, 1.54) is 25.7 Å². The lowest BCUT2D eigenvalue weighted by molar-refractivity contribution is -0.132. The van der Waals surface area contributed by atoms with Gasteiger partial charge in [0.2, 0.25) is 5.91 Å². The highest BCUT2D eigenvalue weighted by Crippen LogP contribution is 2.18. The van der Waals surface area contributed by atoms with Gasteiger partial charge in [0.05, 0.1) is 0 Å². The molecule has 0 atom stereocenters. The van der Waals surface area contributed by atoms with Crippen LogP contribution in [-0.2, 0) is 4.79 Å². The van der Waals surface area contributed by atoms with Crippen molar-refractivity contribution in [3.8, 4) is 0 Å². The standard InChI is InChI=1S/C14H28N2O/c1-4-5-6-11-16(12(2)3)14(17)9-10-15-13-7-8-13/h12-13,15H,4-11H2,1-3H3. The van der Waals surface area contributed by atoms with Gasteiger partial charge in [0.25, 0.3) is 0 Å². The van der Waals surface area contributed by atoms with E-state index in [1.807, 2.05) is 4.90 Å². The molecule has 0 aliphatic heterocycles. The monoisotopic (exact) mass is 240 g/mol. The molecule has 1 N–H and O–H groups in total. The van der Waals surface area contributed by atoms with Gasteiger partial charge >= 0.3 is 0 Å². The normalized spacial score (nSPS) is 15.3. The van der Waals surface area contributed by atoms with Crippen molar-refractivity contribution in [3.05, 3.63) is 0 Å². The molecule has 17 heavy (non-hydrogen) atoms.